The quantitative estimate of drug-likeness (QED) is 0.442. The van der Waals surface area contributed by atoms with Crippen LogP contribution in [0.15, 0.2) is 36.4 Å². The number of aromatic nitrogens is 2. The number of aromatic amines is 1. The Morgan fingerprint density at radius 3 is 2.59 bits per heavy atom. The molecule has 0 spiro atoms. The fourth-order valence-corrected chi connectivity index (χ4v) is 3.03. The number of phenolic OH excluding ortho intramolecular Hbond substituents is 1. The van der Waals surface area contributed by atoms with Crippen LogP contribution in [0.1, 0.15) is 27.0 Å². The number of nitrogens with two attached hydrogens (primary N) is 1. The van der Waals surface area contributed by atoms with Crippen LogP contribution in [0.25, 0.3) is 0 Å². The molecular weight excluding hydrogens is 366 g/mol. The fraction of sp³-hybridized carbons (Fsp3) is 0.158. The van der Waals surface area contributed by atoms with E-state index in [1.165, 1.54) is 0 Å². The molecule has 140 valence electrons. The van der Waals surface area contributed by atoms with E-state index in [0.717, 1.165) is 16.7 Å². The molecule has 3 rings (SSSR count). The second-order valence-corrected chi connectivity index (χ2v) is 6.69. The number of H-pyrrole nitrogens is 1. The Morgan fingerprint density at radius 2 is 1.96 bits per heavy atom. The number of rotatable bonds is 6. The SMILES string of the molecule is Cc1cc(CNc2n[nH]c(Nc3cccc(Cl)c3)c2C(N)=O)cc(C)c1O. The van der Waals surface area contributed by atoms with E-state index < -0.39 is 5.91 Å². The van der Waals surface area contributed by atoms with Gasteiger partial charge in [-0.25, -0.2) is 0 Å². The van der Waals surface area contributed by atoms with Gasteiger partial charge in [-0.3, -0.25) is 9.89 Å². The van der Waals surface area contributed by atoms with Gasteiger partial charge in [-0.2, -0.15) is 5.10 Å². The number of aryl methyl sites for hydroxylation is 2. The number of benzene rings is 2. The summed E-state index contributed by atoms with van der Waals surface area (Å²) in [5, 5.41) is 23.6. The molecule has 1 heterocycles. The minimum Gasteiger partial charge on any atom is -0.507 e. The molecule has 0 aliphatic heterocycles. The van der Waals surface area contributed by atoms with Crippen LogP contribution in [0.4, 0.5) is 17.3 Å². The lowest BCUT2D eigenvalue weighted by molar-refractivity contribution is 0.100. The highest BCUT2D eigenvalue weighted by Crippen LogP contribution is 2.27. The number of phenols is 1. The highest BCUT2D eigenvalue weighted by Gasteiger charge is 2.18. The number of hydrogen-bond acceptors (Lipinski definition) is 5. The third kappa shape index (κ3) is 4.15. The molecule has 2 aromatic carbocycles. The molecule has 7 nitrogen and oxygen atoms in total. The molecular formula is C19H20ClN5O2. The van der Waals surface area contributed by atoms with Gasteiger partial charge in [0.25, 0.3) is 5.91 Å². The van der Waals surface area contributed by atoms with Crippen LogP contribution >= 0.6 is 11.6 Å². The molecule has 0 fully saturated rings. The maximum Gasteiger partial charge on any atom is 0.256 e. The van der Waals surface area contributed by atoms with Gasteiger partial charge in [-0.15, -0.1) is 0 Å². The molecule has 0 saturated heterocycles. The summed E-state index contributed by atoms with van der Waals surface area (Å²) in [5.74, 6) is 0.388. The summed E-state index contributed by atoms with van der Waals surface area (Å²) in [6, 6.07) is 10.8. The van der Waals surface area contributed by atoms with Gasteiger partial charge in [0.05, 0.1) is 0 Å². The minimum absolute atomic E-state index is 0.224. The highest BCUT2D eigenvalue weighted by molar-refractivity contribution is 6.30. The second-order valence-electron chi connectivity index (χ2n) is 6.25. The third-order valence-electron chi connectivity index (χ3n) is 4.12. The first-order chi connectivity index (χ1) is 12.8. The lowest BCUT2D eigenvalue weighted by atomic mass is 10.1. The largest absolute Gasteiger partial charge is 0.507 e. The smallest absolute Gasteiger partial charge is 0.256 e. The zero-order chi connectivity index (χ0) is 19.6. The van der Waals surface area contributed by atoms with E-state index in [1.54, 1.807) is 18.2 Å². The highest BCUT2D eigenvalue weighted by atomic mass is 35.5. The molecule has 8 heteroatoms. The van der Waals surface area contributed by atoms with Crippen molar-refractivity contribution in [1.29, 1.82) is 0 Å². The van der Waals surface area contributed by atoms with Crippen molar-refractivity contribution in [3.63, 3.8) is 0 Å². The number of primary amides is 1. The van der Waals surface area contributed by atoms with Crippen LogP contribution < -0.4 is 16.4 Å². The van der Waals surface area contributed by atoms with E-state index in [-0.39, 0.29) is 11.3 Å². The molecule has 6 N–H and O–H groups in total. The van der Waals surface area contributed by atoms with Crippen LogP contribution in [0.3, 0.4) is 0 Å². The number of hydrogen-bond donors (Lipinski definition) is 5. The Kier molecular flexibility index (Phi) is 5.23. The van der Waals surface area contributed by atoms with Gasteiger partial charge < -0.3 is 21.5 Å². The van der Waals surface area contributed by atoms with Crippen molar-refractivity contribution in [2.24, 2.45) is 5.73 Å². The summed E-state index contributed by atoms with van der Waals surface area (Å²) in [5.41, 5.74) is 8.98. The number of nitrogens with zero attached hydrogens (tertiary/aromatic N) is 1. The van der Waals surface area contributed by atoms with E-state index in [4.69, 9.17) is 17.3 Å². The zero-order valence-electron chi connectivity index (χ0n) is 14.9. The van der Waals surface area contributed by atoms with Crippen LogP contribution in [0.5, 0.6) is 5.75 Å². The van der Waals surface area contributed by atoms with Crippen LogP contribution in [0.2, 0.25) is 5.02 Å². The van der Waals surface area contributed by atoms with Gasteiger partial charge in [-0.1, -0.05) is 29.8 Å². The molecule has 0 aliphatic carbocycles. The van der Waals surface area contributed by atoms with Crippen molar-refractivity contribution in [3.8, 4) is 5.75 Å². The average Bonchev–Trinajstić information content (AvgIpc) is 3.00. The maximum atomic E-state index is 11.9. The molecule has 0 saturated carbocycles. The van der Waals surface area contributed by atoms with Crippen molar-refractivity contribution in [3.05, 3.63) is 63.7 Å². The molecule has 0 bridgehead atoms. The van der Waals surface area contributed by atoms with Crippen molar-refractivity contribution >= 4 is 34.8 Å². The molecule has 1 amide bonds. The Balaban J connectivity index is 1.82. The number of amides is 1. The molecule has 0 aliphatic rings. The van der Waals surface area contributed by atoms with Crippen molar-refractivity contribution in [2.75, 3.05) is 10.6 Å². The maximum absolute atomic E-state index is 11.9. The number of nitrogens with one attached hydrogen (secondary N) is 3. The number of carbonyl (C=O) groups excluding carboxylic acids is 1. The summed E-state index contributed by atoms with van der Waals surface area (Å²) < 4.78 is 0. The predicted molar refractivity (Wildman–Crippen MR) is 107 cm³/mol. The van der Waals surface area contributed by atoms with Gasteiger partial charge in [-0.05, 0) is 48.7 Å². The lowest BCUT2D eigenvalue weighted by Crippen LogP contribution is -2.15. The molecule has 0 radical (unpaired) electrons. The Morgan fingerprint density at radius 1 is 1.26 bits per heavy atom. The summed E-state index contributed by atoms with van der Waals surface area (Å²) in [6.07, 6.45) is 0. The van der Waals surface area contributed by atoms with Crippen LogP contribution in [-0.2, 0) is 6.54 Å². The molecule has 3 aromatic rings. The zero-order valence-corrected chi connectivity index (χ0v) is 15.7. The van der Waals surface area contributed by atoms with E-state index in [0.29, 0.717) is 28.9 Å². The Hall–Kier alpha value is -3.19. The number of carbonyl (C=O) groups is 1. The van der Waals surface area contributed by atoms with Gasteiger partial charge >= 0.3 is 0 Å². The second kappa shape index (κ2) is 7.59. The van der Waals surface area contributed by atoms with E-state index in [1.807, 2.05) is 32.0 Å². The summed E-state index contributed by atoms with van der Waals surface area (Å²) in [7, 11) is 0. The van der Waals surface area contributed by atoms with Crippen molar-refractivity contribution in [2.45, 2.75) is 20.4 Å². The Labute approximate surface area is 161 Å². The predicted octanol–water partition coefficient (Wildman–Crippen LogP) is 3.84. The lowest BCUT2D eigenvalue weighted by Gasteiger charge is -2.10. The van der Waals surface area contributed by atoms with E-state index >= 15 is 0 Å². The van der Waals surface area contributed by atoms with Gasteiger partial charge in [0.15, 0.2) is 5.82 Å². The minimum atomic E-state index is -0.617. The van der Waals surface area contributed by atoms with Crippen LogP contribution in [0, 0.1) is 13.8 Å². The topological polar surface area (TPSA) is 116 Å². The monoisotopic (exact) mass is 385 g/mol. The summed E-state index contributed by atoms with van der Waals surface area (Å²) in [4.78, 5) is 11.9. The van der Waals surface area contributed by atoms with Crippen molar-refractivity contribution < 1.29 is 9.90 Å². The normalized spacial score (nSPS) is 10.6. The fourth-order valence-electron chi connectivity index (χ4n) is 2.84. The van der Waals surface area contributed by atoms with E-state index in [2.05, 4.69) is 20.8 Å². The molecule has 0 unspecified atom stereocenters. The number of aromatic hydroxyl groups is 1. The van der Waals surface area contributed by atoms with E-state index in [9.17, 15) is 9.90 Å². The molecule has 0 atom stereocenters. The van der Waals surface area contributed by atoms with Gasteiger partial charge in [0.1, 0.15) is 17.1 Å². The standard InChI is InChI=1S/C19H20ClN5O2/c1-10-6-12(7-11(2)16(10)26)9-22-18-15(17(21)27)19(25-24-18)23-14-5-3-4-13(20)8-14/h3-8,26H,9H2,1-2H3,(H2,21,27)(H3,22,23,24,25). The van der Waals surface area contributed by atoms with Gasteiger partial charge in [0.2, 0.25) is 0 Å². The van der Waals surface area contributed by atoms with Crippen LogP contribution in [-0.4, -0.2) is 21.2 Å². The molecule has 27 heavy (non-hydrogen) atoms. The third-order valence-corrected chi connectivity index (χ3v) is 4.35. The first kappa shape index (κ1) is 18.6. The first-order valence-electron chi connectivity index (χ1n) is 8.29. The first-order valence-corrected chi connectivity index (χ1v) is 8.66. The summed E-state index contributed by atoms with van der Waals surface area (Å²) >= 11 is 5.99. The number of halogens is 1. The summed E-state index contributed by atoms with van der Waals surface area (Å²) in [6.45, 7) is 4.09. The Bertz CT molecular complexity index is 977. The van der Waals surface area contributed by atoms with Crippen molar-refractivity contribution in [1.82, 2.24) is 10.2 Å². The number of anilines is 3. The van der Waals surface area contributed by atoms with Gasteiger partial charge in [0, 0.05) is 17.3 Å². The average molecular weight is 386 g/mol. The molecule has 1 aromatic heterocycles.